The second-order valence-corrected chi connectivity index (χ2v) is 5.71. The molecule has 1 aromatic rings. The summed E-state index contributed by atoms with van der Waals surface area (Å²) in [6.45, 7) is 4.30. The van der Waals surface area contributed by atoms with E-state index in [1.165, 1.54) is 0 Å². The maximum absolute atomic E-state index is 11.8. The zero-order valence-corrected chi connectivity index (χ0v) is 13.2. The van der Waals surface area contributed by atoms with Crippen LogP contribution in [0.25, 0.3) is 0 Å². The number of halogens is 1. The maximum Gasteiger partial charge on any atom is 0.319 e. The minimum absolute atomic E-state index is 0.119. The first kappa shape index (κ1) is 16.5. The van der Waals surface area contributed by atoms with Gasteiger partial charge in [0.15, 0.2) is 0 Å². The lowest BCUT2D eigenvalue weighted by Gasteiger charge is -2.13. The fourth-order valence-corrected chi connectivity index (χ4v) is 1.99. The average Bonchev–Trinajstić information content (AvgIpc) is 2.38. The normalized spacial score (nSPS) is 11.8. The Morgan fingerprint density at radius 2 is 2.10 bits per heavy atom. The second kappa shape index (κ2) is 7.89. The predicted molar refractivity (Wildman–Crippen MR) is 81.9 cm³/mol. The van der Waals surface area contributed by atoms with Crippen molar-refractivity contribution in [3.63, 3.8) is 0 Å². The second-order valence-electron chi connectivity index (χ2n) is 4.86. The molecule has 0 spiro atoms. The number of anilines is 1. The molecule has 0 fully saturated rings. The van der Waals surface area contributed by atoms with Gasteiger partial charge in [-0.05, 0) is 52.9 Å². The number of carboxylic acid groups (broad SMARTS) is 1. The molecular weight excluding hydrogens is 324 g/mol. The van der Waals surface area contributed by atoms with Crippen LogP contribution in [0.5, 0.6) is 0 Å². The molecule has 1 rings (SSSR count). The van der Waals surface area contributed by atoms with Crippen LogP contribution in [-0.2, 0) is 4.79 Å². The van der Waals surface area contributed by atoms with Crippen molar-refractivity contribution in [2.24, 2.45) is 5.92 Å². The third kappa shape index (κ3) is 6.06. The van der Waals surface area contributed by atoms with Crippen LogP contribution in [0, 0.1) is 12.8 Å². The molecule has 2 amide bonds. The number of aliphatic carboxylic acids is 1. The molecule has 20 heavy (non-hydrogen) atoms. The number of hydrogen-bond donors (Lipinski definition) is 3. The summed E-state index contributed by atoms with van der Waals surface area (Å²) in [5, 5.41) is 14.1. The first-order chi connectivity index (χ1) is 9.38. The SMILES string of the molecule is Cc1ccc(Br)c(NC(=O)NCC(C)CCC(=O)O)c1. The first-order valence-corrected chi connectivity index (χ1v) is 7.20. The Balaban J connectivity index is 2.40. The molecule has 0 saturated heterocycles. The predicted octanol–water partition coefficient (Wildman–Crippen LogP) is 3.38. The van der Waals surface area contributed by atoms with Gasteiger partial charge in [-0.25, -0.2) is 4.79 Å². The molecule has 1 unspecified atom stereocenters. The molecule has 110 valence electrons. The van der Waals surface area contributed by atoms with E-state index in [9.17, 15) is 9.59 Å². The van der Waals surface area contributed by atoms with Crippen molar-refractivity contribution in [1.29, 1.82) is 0 Å². The van der Waals surface area contributed by atoms with Crippen LogP contribution in [0.1, 0.15) is 25.3 Å². The van der Waals surface area contributed by atoms with E-state index in [0.29, 0.717) is 18.7 Å². The maximum atomic E-state index is 11.8. The third-order valence-electron chi connectivity index (χ3n) is 2.83. The van der Waals surface area contributed by atoms with E-state index in [1.54, 1.807) is 0 Å². The van der Waals surface area contributed by atoms with Crippen molar-refractivity contribution in [2.45, 2.75) is 26.7 Å². The van der Waals surface area contributed by atoms with Crippen molar-refractivity contribution >= 4 is 33.6 Å². The van der Waals surface area contributed by atoms with E-state index >= 15 is 0 Å². The van der Waals surface area contributed by atoms with Gasteiger partial charge in [0.25, 0.3) is 0 Å². The van der Waals surface area contributed by atoms with Crippen molar-refractivity contribution in [3.8, 4) is 0 Å². The molecule has 0 bridgehead atoms. The Hall–Kier alpha value is -1.56. The zero-order chi connectivity index (χ0) is 15.1. The van der Waals surface area contributed by atoms with E-state index in [0.717, 1.165) is 10.0 Å². The Labute approximate surface area is 126 Å². The highest BCUT2D eigenvalue weighted by molar-refractivity contribution is 9.10. The van der Waals surface area contributed by atoms with Crippen LogP contribution < -0.4 is 10.6 Å². The molecule has 0 radical (unpaired) electrons. The largest absolute Gasteiger partial charge is 0.481 e. The van der Waals surface area contributed by atoms with Gasteiger partial charge in [0.1, 0.15) is 0 Å². The highest BCUT2D eigenvalue weighted by Crippen LogP contribution is 2.23. The molecule has 5 nitrogen and oxygen atoms in total. The summed E-state index contributed by atoms with van der Waals surface area (Å²) in [6.07, 6.45) is 0.664. The molecule has 0 saturated carbocycles. The molecular formula is C14H19BrN2O3. The van der Waals surface area contributed by atoms with E-state index in [-0.39, 0.29) is 18.4 Å². The van der Waals surface area contributed by atoms with Crippen LogP contribution >= 0.6 is 15.9 Å². The van der Waals surface area contributed by atoms with Gasteiger partial charge in [0.05, 0.1) is 5.69 Å². The standard InChI is InChI=1S/C14H19BrN2O3/c1-9-3-5-11(15)12(7-9)17-14(20)16-8-10(2)4-6-13(18)19/h3,5,7,10H,4,6,8H2,1-2H3,(H,18,19)(H2,16,17,20). The summed E-state index contributed by atoms with van der Waals surface area (Å²) in [6, 6.07) is 5.40. The highest BCUT2D eigenvalue weighted by atomic mass is 79.9. The lowest BCUT2D eigenvalue weighted by Crippen LogP contribution is -2.32. The third-order valence-corrected chi connectivity index (χ3v) is 3.52. The van der Waals surface area contributed by atoms with Gasteiger partial charge in [-0.3, -0.25) is 4.79 Å². The molecule has 0 aromatic heterocycles. The fraction of sp³-hybridized carbons (Fsp3) is 0.429. The van der Waals surface area contributed by atoms with Gasteiger partial charge in [0, 0.05) is 17.4 Å². The van der Waals surface area contributed by atoms with E-state index in [4.69, 9.17) is 5.11 Å². The number of aryl methyl sites for hydroxylation is 1. The molecule has 3 N–H and O–H groups in total. The number of carboxylic acids is 1. The van der Waals surface area contributed by atoms with Crippen LogP contribution in [0.4, 0.5) is 10.5 Å². The number of urea groups is 1. The Kier molecular flexibility index (Phi) is 6.51. The van der Waals surface area contributed by atoms with Crippen molar-refractivity contribution in [2.75, 3.05) is 11.9 Å². The smallest absolute Gasteiger partial charge is 0.319 e. The number of amides is 2. The monoisotopic (exact) mass is 342 g/mol. The zero-order valence-electron chi connectivity index (χ0n) is 11.6. The number of nitrogens with one attached hydrogen (secondary N) is 2. The molecule has 0 aliphatic carbocycles. The lowest BCUT2D eigenvalue weighted by atomic mass is 10.1. The van der Waals surface area contributed by atoms with E-state index in [2.05, 4.69) is 26.6 Å². The summed E-state index contributed by atoms with van der Waals surface area (Å²) in [5.41, 5.74) is 1.76. The minimum Gasteiger partial charge on any atom is -0.481 e. The van der Waals surface area contributed by atoms with Crippen molar-refractivity contribution in [1.82, 2.24) is 5.32 Å². The lowest BCUT2D eigenvalue weighted by molar-refractivity contribution is -0.137. The van der Waals surface area contributed by atoms with E-state index < -0.39 is 5.97 Å². The summed E-state index contributed by atoms with van der Waals surface area (Å²) >= 11 is 3.37. The number of carbonyl (C=O) groups excluding carboxylic acids is 1. The average molecular weight is 343 g/mol. The molecule has 0 aliphatic heterocycles. The van der Waals surface area contributed by atoms with Crippen molar-refractivity contribution in [3.05, 3.63) is 28.2 Å². The van der Waals surface area contributed by atoms with Crippen LogP contribution in [0.3, 0.4) is 0 Å². The van der Waals surface area contributed by atoms with Crippen LogP contribution in [0.2, 0.25) is 0 Å². The van der Waals surface area contributed by atoms with E-state index in [1.807, 2.05) is 32.0 Å². The van der Waals surface area contributed by atoms with Gasteiger partial charge < -0.3 is 15.7 Å². The van der Waals surface area contributed by atoms with Crippen LogP contribution in [-0.4, -0.2) is 23.7 Å². The number of rotatable bonds is 6. The topological polar surface area (TPSA) is 78.4 Å². The van der Waals surface area contributed by atoms with Gasteiger partial charge in [-0.1, -0.05) is 13.0 Å². The van der Waals surface area contributed by atoms with Gasteiger partial charge >= 0.3 is 12.0 Å². The quantitative estimate of drug-likeness (QED) is 0.741. The Morgan fingerprint density at radius 1 is 1.40 bits per heavy atom. The summed E-state index contributed by atoms with van der Waals surface area (Å²) in [7, 11) is 0. The summed E-state index contributed by atoms with van der Waals surface area (Å²) in [4.78, 5) is 22.2. The first-order valence-electron chi connectivity index (χ1n) is 6.41. The molecule has 1 atom stereocenters. The van der Waals surface area contributed by atoms with Crippen LogP contribution in [0.15, 0.2) is 22.7 Å². The van der Waals surface area contributed by atoms with Gasteiger partial charge in [0.2, 0.25) is 0 Å². The van der Waals surface area contributed by atoms with Gasteiger partial charge in [-0.2, -0.15) is 0 Å². The van der Waals surface area contributed by atoms with Gasteiger partial charge in [-0.15, -0.1) is 0 Å². The highest BCUT2D eigenvalue weighted by Gasteiger charge is 2.09. The number of hydrogen-bond acceptors (Lipinski definition) is 2. The minimum atomic E-state index is -0.815. The Morgan fingerprint density at radius 3 is 2.75 bits per heavy atom. The summed E-state index contributed by atoms with van der Waals surface area (Å²) in [5.74, 6) is -0.692. The molecule has 0 aliphatic rings. The molecule has 1 aromatic carbocycles. The van der Waals surface area contributed by atoms with Crippen molar-refractivity contribution < 1.29 is 14.7 Å². The number of benzene rings is 1. The summed E-state index contributed by atoms with van der Waals surface area (Å²) < 4.78 is 0.817. The number of carbonyl (C=O) groups is 2. The molecule has 0 heterocycles. The fourth-order valence-electron chi connectivity index (χ4n) is 1.64. The molecule has 6 heteroatoms. The Bertz CT molecular complexity index is 491.